The molecule has 6 nitrogen and oxygen atoms in total. The van der Waals surface area contributed by atoms with E-state index in [1.54, 1.807) is 13.4 Å². The van der Waals surface area contributed by atoms with Gasteiger partial charge in [0.25, 0.3) is 5.91 Å². The van der Waals surface area contributed by atoms with Crippen LogP contribution in [-0.2, 0) is 9.47 Å². The minimum absolute atomic E-state index is 0.0442. The summed E-state index contributed by atoms with van der Waals surface area (Å²) in [6.07, 6.45) is 5.15. The average Bonchev–Trinajstić information content (AvgIpc) is 3.29. The molecule has 4 rings (SSSR count). The number of aromatic nitrogens is 2. The highest BCUT2D eigenvalue weighted by Crippen LogP contribution is 2.34. The molecular formula is C18H23N3O3. The summed E-state index contributed by atoms with van der Waals surface area (Å²) in [5.41, 5.74) is 2.29. The van der Waals surface area contributed by atoms with Crippen LogP contribution in [0.15, 0.2) is 24.5 Å². The summed E-state index contributed by atoms with van der Waals surface area (Å²) in [6, 6.07) is 5.78. The summed E-state index contributed by atoms with van der Waals surface area (Å²) >= 11 is 0. The molecule has 0 bridgehead atoms. The number of H-pyrrole nitrogens is 1. The Labute approximate surface area is 141 Å². The molecule has 0 radical (unpaired) electrons. The summed E-state index contributed by atoms with van der Waals surface area (Å²) in [5.74, 6) is 0.389. The van der Waals surface area contributed by atoms with Crippen molar-refractivity contribution in [1.29, 1.82) is 0 Å². The quantitative estimate of drug-likeness (QED) is 0.937. The van der Waals surface area contributed by atoms with Crippen LogP contribution in [0.2, 0.25) is 0 Å². The third-order valence-corrected chi connectivity index (χ3v) is 5.41. The number of hydrogen-bond donors (Lipinski definition) is 1. The molecule has 24 heavy (non-hydrogen) atoms. The van der Waals surface area contributed by atoms with Crippen molar-refractivity contribution in [3.05, 3.63) is 30.1 Å². The Kier molecular flexibility index (Phi) is 4.24. The number of morpholine rings is 1. The molecule has 3 atom stereocenters. The number of methoxy groups -OCH3 is 1. The van der Waals surface area contributed by atoms with Crippen LogP contribution >= 0.6 is 0 Å². The number of aromatic amines is 1. The lowest BCUT2D eigenvalue weighted by molar-refractivity contribution is -0.0459. The number of amides is 1. The standard InChI is InChI=1S/C18H23N3O3/c1-23-16-7-3-4-12(16)15-10-24-9-8-21(15)18(22)13-5-2-6-14-17(13)20-11-19-14/h2,5-6,11-12,15-16H,3-4,7-10H2,1H3,(H,19,20)/t12-,15+,16+/m0/s1. The molecular weight excluding hydrogens is 306 g/mol. The number of benzene rings is 1. The van der Waals surface area contributed by atoms with Crippen molar-refractivity contribution in [3.8, 4) is 0 Å². The van der Waals surface area contributed by atoms with Gasteiger partial charge in [-0.1, -0.05) is 12.5 Å². The zero-order valence-corrected chi connectivity index (χ0v) is 13.9. The lowest BCUT2D eigenvalue weighted by Gasteiger charge is -2.40. The number of hydrogen-bond acceptors (Lipinski definition) is 4. The van der Waals surface area contributed by atoms with Crippen molar-refractivity contribution < 1.29 is 14.3 Å². The minimum atomic E-state index is 0.0442. The molecule has 1 saturated heterocycles. The summed E-state index contributed by atoms with van der Waals surface area (Å²) in [7, 11) is 1.77. The van der Waals surface area contributed by atoms with E-state index in [2.05, 4.69) is 9.97 Å². The molecule has 1 aliphatic heterocycles. The SMILES string of the molecule is CO[C@@H]1CCC[C@H]1[C@H]1COCCN1C(=O)c1cccc2[nH]cnc12. The number of nitrogens with zero attached hydrogens (tertiary/aromatic N) is 2. The number of carbonyl (C=O) groups excluding carboxylic acids is 1. The van der Waals surface area contributed by atoms with Gasteiger partial charge in [-0.05, 0) is 25.0 Å². The zero-order valence-electron chi connectivity index (χ0n) is 13.9. The van der Waals surface area contributed by atoms with E-state index in [0.717, 1.165) is 30.3 Å². The van der Waals surface area contributed by atoms with Crippen molar-refractivity contribution in [3.63, 3.8) is 0 Å². The van der Waals surface area contributed by atoms with Crippen molar-refractivity contribution in [2.24, 2.45) is 5.92 Å². The first-order valence-electron chi connectivity index (χ1n) is 8.63. The number of para-hydroxylation sites is 1. The molecule has 0 unspecified atom stereocenters. The van der Waals surface area contributed by atoms with E-state index in [4.69, 9.17) is 9.47 Å². The van der Waals surface area contributed by atoms with Crippen LogP contribution in [0.5, 0.6) is 0 Å². The fourth-order valence-corrected chi connectivity index (χ4v) is 4.21. The van der Waals surface area contributed by atoms with Crippen LogP contribution in [0, 0.1) is 5.92 Å². The second-order valence-electron chi connectivity index (χ2n) is 6.61. The van der Waals surface area contributed by atoms with E-state index in [-0.39, 0.29) is 18.1 Å². The van der Waals surface area contributed by atoms with Crippen molar-refractivity contribution in [1.82, 2.24) is 14.9 Å². The second-order valence-corrected chi connectivity index (χ2v) is 6.61. The van der Waals surface area contributed by atoms with Gasteiger partial charge in [-0.2, -0.15) is 0 Å². The number of rotatable bonds is 3. The smallest absolute Gasteiger partial charge is 0.256 e. The van der Waals surface area contributed by atoms with E-state index in [1.807, 2.05) is 23.1 Å². The van der Waals surface area contributed by atoms with Crippen LogP contribution in [-0.4, -0.2) is 59.8 Å². The maximum Gasteiger partial charge on any atom is 0.256 e. The minimum Gasteiger partial charge on any atom is -0.381 e. The summed E-state index contributed by atoms with van der Waals surface area (Å²) < 4.78 is 11.4. The molecule has 1 aromatic carbocycles. The number of nitrogens with one attached hydrogen (secondary N) is 1. The molecule has 1 aromatic heterocycles. The Hall–Kier alpha value is -1.92. The fourth-order valence-electron chi connectivity index (χ4n) is 4.21. The van der Waals surface area contributed by atoms with Gasteiger partial charge in [0, 0.05) is 19.6 Å². The van der Waals surface area contributed by atoms with Gasteiger partial charge in [0.15, 0.2) is 0 Å². The molecule has 1 saturated carbocycles. The predicted octanol–water partition coefficient (Wildman–Crippen LogP) is 2.22. The molecule has 0 spiro atoms. The Morgan fingerprint density at radius 2 is 2.33 bits per heavy atom. The number of carbonyl (C=O) groups is 1. The summed E-state index contributed by atoms with van der Waals surface area (Å²) in [5, 5.41) is 0. The van der Waals surface area contributed by atoms with Crippen molar-refractivity contribution in [2.45, 2.75) is 31.4 Å². The second kappa shape index (κ2) is 6.53. The fraction of sp³-hybridized carbons (Fsp3) is 0.556. The van der Waals surface area contributed by atoms with E-state index in [1.165, 1.54) is 0 Å². The first-order valence-corrected chi connectivity index (χ1v) is 8.63. The highest BCUT2D eigenvalue weighted by atomic mass is 16.5. The third-order valence-electron chi connectivity index (χ3n) is 5.41. The number of imidazole rings is 1. The average molecular weight is 329 g/mol. The first kappa shape index (κ1) is 15.6. The Balaban J connectivity index is 1.65. The molecule has 2 fully saturated rings. The third kappa shape index (κ3) is 2.59. The lowest BCUT2D eigenvalue weighted by atomic mass is 9.93. The van der Waals surface area contributed by atoms with E-state index >= 15 is 0 Å². The van der Waals surface area contributed by atoms with Gasteiger partial charge in [0.05, 0.1) is 42.8 Å². The van der Waals surface area contributed by atoms with E-state index < -0.39 is 0 Å². The van der Waals surface area contributed by atoms with Gasteiger partial charge < -0.3 is 19.4 Å². The molecule has 1 N–H and O–H groups in total. The molecule has 2 heterocycles. The summed E-state index contributed by atoms with van der Waals surface area (Å²) in [4.78, 5) is 22.6. The highest BCUT2D eigenvalue weighted by Gasteiger charge is 2.40. The lowest BCUT2D eigenvalue weighted by Crippen LogP contribution is -2.53. The van der Waals surface area contributed by atoms with E-state index in [0.29, 0.717) is 31.2 Å². The number of fused-ring (bicyclic) bond motifs is 1. The molecule has 6 heteroatoms. The van der Waals surface area contributed by atoms with Gasteiger partial charge >= 0.3 is 0 Å². The van der Waals surface area contributed by atoms with Gasteiger partial charge in [0.2, 0.25) is 0 Å². The summed E-state index contributed by atoms with van der Waals surface area (Å²) in [6.45, 7) is 1.80. The molecule has 2 aromatic rings. The topological polar surface area (TPSA) is 67.5 Å². The molecule has 1 aliphatic carbocycles. The van der Waals surface area contributed by atoms with Crippen LogP contribution in [0.1, 0.15) is 29.6 Å². The van der Waals surface area contributed by atoms with E-state index in [9.17, 15) is 4.79 Å². The van der Waals surface area contributed by atoms with Gasteiger partial charge in [-0.3, -0.25) is 4.79 Å². The highest BCUT2D eigenvalue weighted by molar-refractivity contribution is 6.04. The maximum absolute atomic E-state index is 13.2. The number of ether oxygens (including phenoxy) is 2. The van der Waals surface area contributed by atoms with Crippen molar-refractivity contribution >= 4 is 16.9 Å². The van der Waals surface area contributed by atoms with Gasteiger partial charge in [-0.25, -0.2) is 4.98 Å². The monoisotopic (exact) mass is 329 g/mol. The first-order chi connectivity index (χ1) is 11.8. The molecule has 2 aliphatic rings. The Bertz CT molecular complexity index is 729. The zero-order chi connectivity index (χ0) is 16.5. The van der Waals surface area contributed by atoms with Gasteiger partial charge in [-0.15, -0.1) is 0 Å². The maximum atomic E-state index is 13.2. The Morgan fingerprint density at radius 3 is 3.21 bits per heavy atom. The molecule has 128 valence electrons. The Morgan fingerprint density at radius 1 is 1.42 bits per heavy atom. The molecule has 1 amide bonds. The largest absolute Gasteiger partial charge is 0.381 e. The van der Waals surface area contributed by atoms with Crippen LogP contribution in [0.4, 0.5) is 0 Å². The predicted molar refractivity (Wildman–Crippen MR) is 89.9 cm³/mol. The van der Waals surface area contributed by atoms with Crippen LogP contribution in [0.25, 0.3) is 11.0 Å². The van der Waals surface area contributed by atoms with Crippen LogP contribution < -0.4 is 0 Å². The van der Waals surface area contributed by atoms with Gasteiger partial charge in [0.1, 0.15) is 5.52 Å². The van der Waals surface area contributed by atoms with Crippen molar-refractivity contribution in [2.75, 3.05) is 26.9 Å². The van der Waals surface area contributed by atoms with Crippen LogP contribution in [0.3, 0.4) is 0 Å². The normalized spacial score (nSPS) is 27.7.